The van der Waals surface area contributed by atoms with Crippen molar-refractivity contribution in [2.75, 3.05) is 5.32 Å². The van der Waals surface area contributed by atoms with Gasteiger partial charge in [-0.05, 0) is 54.1 Å². The lowest BCUT2D eigenvalue weighted by Crippen LogP contribution is -2.31. The zero-order valence-electron chi connectivity index (χ0n) is 17.0. The number of benzene rings is 3. The predicted molar refractivity (Wildman–Crippen MR) is 124 cm³/mol. The molecule has 1 atom stereocenters. The van der Waals surface area contributed by atoms with Crippen molar-refractivity contribution in [2.45, 2.75) is 12.5 Å². The Bertz CT molecular complexity index is 1260. The van der Waals surface area contributed by atoms with Crippen molar-refractivity contribution in [3.63, 3.8) is 0 Å². The second-order valence-electron chi connectivity index (χ2n) is 7.36. The molecule has 5 nitrogen and oxygen atoms in total. The molecule has 0 radical (unpaired) electrons. The molecule has 1 unspecified atom stereocenters. The average Bonchev–Trinajstić information content (AvgIpc) is 3.27. The van der Waals surface area contributed by atoms with Gasteiger partial charge in [0.2, 0.25) is 5.88 Å². The maximum absolute atomic E-state index is 12.8. The lowest BCUT2D eigenvalue weighted by atomic mass is 9.98. The van der Waals surface area contributed by atoms with Crippen LogP contribution in [0.2, 0.25) is 5.02 Å². The summed E-state index contributed by atoms with van der Waals surface area (Å²) in [5.74, 6) is 1.71. The Hall–Kier alpha value is -3.83. The van der Waals surface area contributed by atoms with E-state index in [4.69, 9.17) is 21.1 Å². The summed E-state index contributed by atoms with van der Waals surface area (Å²) < 4.78 is 12.0. The van der Waals surface area contributed by atoms with Crippen molar-refractivity contribution in [3.8, 4) is 28.5 Å². The first-order valence-corrected chi connectivity index (χ1v) is 10.6. The Labute approximate surface area is 190 Å². The van der Waals surface area contributed by atoms with Crippen molar-refractivity contribution >= 4 is 23.2 Å². The number of nitrogens with one attached hydrogen (secondary N) is 1. The van der Waals surface area contributed by atoms with E-state index in [0.29, 0.717) is 23.0 Å². The molecule has 0 saturated carbocycles. The van der Waals surface area contributed by atoms with Crippen molar-refractivity contribution < 1.29 is 14.3 Å². The number of halogens is 1. The number of pyridine rings is 1. The molecule has 0 saturated heterocycles. The number of carbonyl (C=O) groups excluding carboxylic acids is 1. The molecule has 2 heterocycles. The Morgan fingerprint density at radius 3 is 2.50 bits per heavy atom. The van der Waals surface area contributed by atoms with Crippen LogP contribution in [0.25, 0.3) is 11.1 Å². The van der Waals surface area contributed by atoms with E-state index >= 15 is 0 Å². The number of hydrogen-bond donors (Lipinski definition) is 1. The number of ether oxygens (including phenoxy) is 2. The third-order valence-electron chi connectivity index (χ3n) is 5.21. The van der Waals surface area contributed by atoms with E-state index in [9.17, 15) is 4.79 Å². The number of carbonyl (C=O) groups is 1. The molecule has 0 aliphatic carbocycles. The molecular formula is C26H19ClN2O3. The van der Waals surface area contributed by atoms with Gasteiger partial charge in [0.25, 0.3) is 5.91 Å². The number of aromatic nitrogens is 1. The first-order valence-electron chi connectivity index (χ1n) is 10.2. The highest BCUT2D eigenvalue weighted by molar-refractivity contribution is 6.30. The summed E-state index contributed by atoms with van der Waals surface area (Å²) in [6.45, 7) is 0. The standard InChI is InChI=1S/C26H19ClN2O3/c27-17-10-12-18(13-11-17)29-25(30)24-16-22-20(14-15-28-26(22)32-24)21-8-4-5-9-23(21)31-19-6-2-1-3-7-19/h1-15,24H,16H2,(H,29,30). The molecule has 1 N–H and O–H groups in total. The van der Waals surface area contributed by atoms with Crippen molar-refractivity contribution in [1.82, 2.24) is 4.98 Å². The summed E-state index contributed by atoms with van der Waals surface area (Å²) >= 11 is 5.92. The molecule has 0 fully saturated rings. The molecule has 5 rings (SSSR count). The van der Waals surface area contributed by atoms with Crippen molar-refractivity contribution in [2.24, 2.45) is 0 Å². The average molecular weight is 443 g/mol. The van der Waals surface area contributed by atoms with Gasteiger partial charge in [-0.3, -0.25) is 4.79 Å². The minimum Gasteiger partial charge on any atom is -0.464 e. The zero-order chi connectivity index (χ0) is 21.9. The molecule has 1 aromatic heterocycles. The molecule has 3 aromatic carbocycles. The van der Waals surface area contributed by atoms with E-state index in [2.05, 4.69) is 10.3 Å². The molecule has 32 heavy (non-hydrogen) atoms. The Balaban J connectivity index is 1.41. The van der Waals surface area contributed by atoms with E-state index < -0.39 is 6.10 Å². The quantitative estimate of drug-likeness (QED) is 0.403. The van der Waals surface area contributed by atoms with Crippen LogP contribution in [0, 0.1) is 0 Å². The van der Waals surface area contributed by atoms with Gasteiger partial charge < -0.3 is 14.8 Å². The fraction of sp³-hybridized carbons (Fsp3) is 0.0769. The van der Waals surface area contributed by atoms with Crippen LogP contribution in [0.15, 0.2) is 91.1 Å². The number of anilines is 1. The first-order chi connectivity index (χ1) is 15.7. The van der Waals surface area contributed by atoms with Crippen LogP contribution in [0.4, 0.5) is 5.69 Å². The molecule has 1 amide bonds. The first kappa shape index (κ1) is 20.1. The molecule has 158 valence electrons. The van der Waals surface area contributed by atoms with Gasteiger partial charge in [-0.15, -0.1) is 0 Å². The van der Waals surface area contributed by atoms with Gasteiger partial charge in [-0.25, -0.2) is 4.98 Å². The lowest BCUT2D eigenvalue weighted by molar-refractivity contribution is -0.122. The minimum absolute atomic E-state index is 0.231. The summed E-state index contributed by atoms with van der Waals surface area (Å²) in [6, 6.07) is 26.3. The van der Waals surface area contributed by atoms with Crippen LogP contribution in [0.5, 0.6) is 17.4 Å². The monoisotopic (exact) mass is 442 g/mol. The summed E-state index contributed by atoms with van der Waals surface area (Å²) in [7, 11) is 0. The number of amides is 1. The van der Waals surface area contributed by atoms with Crippen LogP contribution >= 0.6 is 11.6 Å². The minimum atomic E-state index is -0.670. The van der Waals surface area contributed by atoms with E-state index in [1.165, 1.54) is 0 Å². The number of hydrogen-bond acceptors (Lipinski definition) is 4. The summed E-state index contributed by atoms with van der Waals surface area (Å²) in [5.41, 5.74) is 3.39. The second kappa shape index (κ2) is 8.73. The zero-order valence-corrected chi connectivity index (χ0v) is 17.8. The molecule has 6 heteroatoms. The highest BCUT2D eigenvalue weighted by atomic mass is 35.5. The van der Waals surface area contributed by atoms with E-state index in [1.807, 2.05) is 60.7 Å². The lowest BCUT2D eigenvalue weighted by Gasteiger charge is -2.13. The summed E-state index contributed by atoms with van der Waals surface area (Å²) in [6.07, 6.45) is 1.43. The van der Waals surface area contributed by atoms with Gasteiger partial charge in [-0.2, -0.15) is 0 Å². The summed E-state index contributed by atoms with van der Waals surface area (Å²) in [4.78, 5) is 17.2. The Morgan fingerprint density at radius 2 is 1.69 bits per heavy atom. The van der Waals surface area contributed by atoms with Crippen LogP contribution in [0.1, 0.15) is 5.56 Å². The Morgan fingerprint density at radius 1 is 0.938 bits per heavy atom. The van der Waals surface area contributed by atoms with Gasteiger partial charge in [0.05, 0.1) is 0 Å². The van der Waals surface area contributed by atoms with E-state index in [-0.39, 0.29) is 5.91 Å². The third-order valence-corrected chi connectivity index (χ3v) is 5.46. The van der Waals surface area contributed by atoms with E-state index in [0.717, 1.165) is 28.2 Å². The van der Waals surface area contributed by atoms with Crippen LogP contribution in [0.3, 0.4) is 0 Å². The normalized spacial score (nSPS) is 14.3. The predicted octanol–water partition coefficient (Wildman–Crippen LogP) is 6.14. The highest BCUT2D eigenvalue weighted by Crippen LogP contribution is 2.40. The molecule has 0 bridgehead atoms. The Kier molecular flexibility index (Phi) is 5.48. The van der Waals surface area contributed by atoms with Gasteiger partial charge in [0.15, 0.2) is 6.10 Å². The molecule has 4 aromatic rings. The smallest absolute Gasteiger partial charge is 0.265 e. The molecule has 0 spiro atoms. The van der Waals surface area contributed by atoms with Gasteiger partial charge >= 0.3 is 0 Å². The topological polar surface area (TPSA) is 60.5 Å². The SMILES string of the molecule is O=C(Nc1ccc(Cl)cc1)C1Cc2c(-c3ccccc3Oc3ccccc3)ccnc2O1. The maximum Gasteiger partial charge on any atom is 0.265 e. The molecular weight excluding hydrogens is 424 g/mol. The van der Waals surface area contributed by atoms with Gasteiger partial charge in [0.1, 0.15) is 11.5 Å². The van der Waals surface area contributed by atoms with Crippen molar-refractivity contribution in [1.29, 1.82) is 0 Å². The second-order valence-corrected chi connectivity index (χ2v) is 7.80. The summed E-state index contributed by atoms with van der Waals surface area (Å²) in [5, 5.41) is 3.48. The van der Waals surface area contributed by atoms with Crippen LogP contribution in [-0.4, -0.2) is 17.0 Å². The van der Waals surface area contributed by atoms with Crippen LogP contribution < -0.4 is 14.8 Å². The van der Waals surface area contributed by atoms with Gasteiger partial charge in [0, 0.05) is 34.5 Å². The fourth-order valence-corrected chi connectivity index (χ4v) is 3.81. The number of rotatable bonds is 5. The molecule has 1 aliphatic heterocycles. The number of fused-ring (bicyclic) bond motifs is 1. The van der Waals surface area contributed by atoms with Crippen molar-refractivity contribution in [3.05, 3.63) is 102 Å². The van der Waals surface area contributed by atoms with Gasteiger partial charge in [-0.1, -0.05) is 48.0 Å². The number of nitrogens with zero attached hydrogens (tertiary/aromatic N) is 1. The third kappa shape index (κ3) is 4.15. The fourth-order valence-electron chi connectivity index (χ4n) is 3.68. The number of para-hydroxylation sites is 2. The highest BCUT2D eigenvalue weighted by Gasteiger charge is 2.32. The maximum atomic E-state index is 12.8. The van der Waals surface area contributed by atoms with Crippen LogP contribution in [-0.2, 0) is 11.2 Å². The van der Waals surface area contributed by atoms with E-state index in [1.54, 1.807) is 30.5 Å². The molecule has 1 aliphatic rings. The largest absolute Gasteiger partial charge is 0.464 e.